The van der Waals surface area contributed by atoms with Crippen LogP contribution in [-0.4, -0.2) is 17.6 Å². The molecule has 140 valence electrons. The van der Waals surface area contributed by atoms with Crippen LogP contribution in [0.5, 0.6) is 5.75 Å². The summed E-state index contributed by atoms with van der Waals surface area (Å²) in [6.07, 6.45) is 2.42. The summed E-state index contributed by atoms with van der Waals surface area (Å²) in [4.78, 5) is 24.3. The third-order valence-corrected chi connectivity index (χ3v) is 4.34. The fourth-order valence-corrected chi connectivity index (χ4v) is 2.83. The Morgan fingerprint density at radius 3 is 2.59 bits per heavy atom. The quantitative estimate of drug-likeness (QED) is 0.696. The fraction of sp³-hybridized carbons (Fsp3) is 0.238. The summed E-state index contributed by atoms with van der Waals surface area (Å²) in [7, 11) is 1.62. The summed E-state index contributed by atoms with van der Waals surface area (Å²) in [5.41, 5.74) is 0.875. The lowest BCUT2D eigenvalue weighted by molar-refractivity contribution is 0.0905. The highest BCUT2D eigenvalue weighted by Gasteiger charge is 2.17. The minimum Gasteiger partial charge on any atom is -0.497 e. The molecule has 0 aliphatic heterocycles. The van der Waals surface area contributed by atoms with Crippen LogP contribution in [0.2, 0.25) is 0 Å². The zero-order valence-electron chi connectivity index (χ0n) is 15.3. The van der Waals surface area contributed by atoms with Crippen molar-refractivity contribution in [3.05, 3.63) is 88.2 Å². The average Bonchev–Trinajstić information content (AvgIpc) is 3.16. The minimum absolute atomic E-state index is 0.120. The number of aromatic nitrogens is 1. The van der Waals surface area contributed by atoms with Gasteiger partial charge >= 0.3 is 0 Å². The van der Waals surface area contributed by atoms with Crippen molar-refractivity contribution in [1.29, 1.82) is 0 Å². The van der Waals surface area contributed by atoms with E-state index in [1.54, 1.807) is 37.6 Å². The number of amides is 1. The number of carbonyl (C=O) groups is 1. The topological polar surface area (TPSA) is 73.5 Å². The molecular formula is C21H22N2O4. The van der Waals surface area contributed by atoms with E-state index >= 15 is 0 Å². The molecule has 3 aromatic rings. The van der Waals surface area contributed by atoms with Gasteiger partial charge in [-0.15, -0.1) is 0 Å². The van der Waals surface area contributed by atoms with Crippen molar-refractivity contribution in [2.75, 3.05) is 7.11 Å². The predicted molar refractivity (Wildman–Crippen MR) is 102 cm³/mol. The van der Waals surface area contributed by atoms with Gasteiger partial charge in [0.05, 0.1) is 19.7 Å². The van der Waals surface area contributed by atoms with Crippen molar-refractivity contribution < 1.29 is 13.9 Å². The van der Waals surface area contributed by atoms with Crippen molar-refractivity contribution in [2.24, 2.45) is 0 Å². The largest absolute Gasteiger partial charge is 0.497 e. The Morgan fingerprint density at radius 2 is 1.93 bits per heavy atom. The Kier molecular flexibility index (Phi) is 5.76. The Labute approximate surface area is 157 Å². The lowest BCUT2D eigenvalue weighted by Gasteiger charge is -2.17. The molecule has 1 N–H and O–H groups in total. The molecule has 2 aromatic heterocycles. The number of methoxy groups -OCH3 is 1. The molecule has 0 bridgehead atoms. The summed E-state index contributed by atoms with van der Waals surface area (Å²) < 4.78 is 12.3. The van der Waals surface area contributed by atoms with E-state index in [0.29, 0.717) is 5.76 Å². The van der Waals surface area contributed by atoms with Gasteiger partial charge in [-0.25, -0.2) is 0 Å². The molecule has 27 heavy (non-hydrogen) atoms. The van der Waals surface area contributed by atoms with Crippen molar-refractivity contribution in [2.45, 2.75) is 25.9 Å². The van der Waals surface area contributed by atoms with Crippen LogP contribution >= 0.6 is 0 Å². The Morgan fingerprint density at radius 1 is 1.15 bits per heavy atom. The number of nitrogens with zero attached hydrogens (tertiary/aromatic N) is 1. The van der Waals surface area contributed by atoms with Crippen LogP contribution in [0.15, 0.2) is 70.0 Å². The summed E-state index contributed by atoms with van der Waals surface area (Å²) in [6.45, 7) is 2.28. The first-order chi connectivity index (χ1) is 13.1. The first-order valence-electron chi connectivity index (χ1n) is 8.79. The van der Waals surface area contributed by atoms with E-state index in [-0.39, 0.29) is 29.8 Å². The van der Waals surface area contributed by atoms with Crippen molar-refractivity contribution in [1.82, 2.24) is 9.88 Å². The van der Waals surface area contributed by atoms with E-state index in [9.17, 15) is 9.59 Å². The molecule has 0 radical (unpaired) electrons. The number of benzene rings is 1. The third-order valence-electron chi connectivity index (χ3n) is 4.34. The number of nitrogens with one attached hydrogen (secondary N) is 1. The highest BCUT2D eigenvalue weighted by Crippen LogP contribution is 2.21. The van der Waals surface area contributed by atoms with E-state index in [0.717, 1.165) is 17.7 Å². The Balaban J connectivity index is 1.69. The van der Waals surface area contributed by atoms with Crippen LogP contribution in [0.25, 0.3) is 0 Å². The van der Waals surface area contributed by atoms with E-state index in [1.807, 2.05) is 31.2 Å². The maximum absolute atomic E-state index is 12.5. The van der Waals surface area contributed by atoms with Gasteiger partial charge in [0.25, 0.3) is 11.5 Å². The van der Waals surface area contributed by atoms with Crippen molar-refractivity contribution in [3.8, 4) is 5.75 Å². The molecule has 3 rings (SSSR count). The standard InChI is InChI=1S/C21H22N2O4/c1-3-18(15-7-9-16(26-2)10-8-15)22-21(25)19-12-11-17(27-19)14-23-13-5-4-6-20(23)24/h4-13,18H,3,14H2,1-2H3,(H,22,25). The number of furan rings is 1. The van der Waals surface area contributed by atoms with E-state index < -0.39 is 0 Å². The highest BCUT2D eigenvalue weighted by atomic mass is 16.5. The average molecular weight is 366 g/mol. The van der Waals surface area contributed by atoms with E-state index in [2.05, 4.69) is 5.32 Å². The summed E-state index contributed by atoms with van der Waals surface area (Å²) >= 11 is 0. The second-order valence-corrected chi connectivity index (χ2v) is 6.14. The second-order valence-electron chi connectivity index (χ2n) is 6.14. The summed E-state index contributed by atoms with van der Waals surface area (Å²) in [5.74, 6) is 1.25. The fourth-order valence-electron chi connectivity index (χ4n) is 2.83. The summed E-state index contributed by atoms with van der Waals surface area (Å²) in [5, 5.41) is 2.98. The molecule has 0 aliphatic rings. The van der Waals surface area contributed by atoms with Gasteiger partial charge in [-0.2, -0.15) is 0 Å². The lowest BCUT2D eigenvalue weighted by atomic mass is 10.0. The molecule has 6 nitrogen and oxygen atoms in total. The normalized spacial score (nSPS) is 11.8. The first kappa shape index (κ1) is 18.5. The molecule has 0 aliphatic carbocycles. The summed E-state index contributed by atoms with van der Waals surface area (Å²) in [6, 6.07) is 15.8. The van der Waals surface area contributed by atoms with Crippen LogP contribution in [0.3, 0.4) is 0 Å². The molecule has 1 unspecified atom stereocenters. The second kappa shape index (κ2) is 8.40. The van der Waals surface area contributed by atoms with Gasteiger partial charge in [0, 0.05) is 12.3 Å². The Bertz CT molecular complexity index is 957. The monoisotopic (exact) mass is 366 g/mol. The number of hydrogen-bond donors (Lipinski definition) is 1. The van der Waals surface area contributed by atoms with Gasteiger partial charge in [0.15, 0.2) is 5.76 Å². The molecule has 0 fully saturated rings. The smallest absolute Gasteiger partial charge is 0.287 e. The van der Waals surface area contributed by atoms with Gasteiger partial charge < -0.3 is 19.0 Å². The molecule has 2 heterocycles. The Hall–Kier alpha value is -3.28. The van der Waals surface area contributed by atoms with Crippen molar-refractivity contribution in [3.63, 3.8) is 0 Å². The molecule has 0 spiro atoms. The van der Waals surface area contributed by atoms with E-state index in [4.69, 9.17) is 9.15 Å². The van der Waals surface area contributed by atoms with Crippen molar-refractivity contribution >= 4 is 5.91 Å². The van der Waals surface area contributed by atoms with Crippen LogP contribution in [0, 0.1) is 0 Å². The molecule has 1 atom stereocenters. The van der Waals surface area contributed by atoms with Gasteiger partial charge in [0.2, 0.25) is 0 Å². The molecule has 6 heteroatoms. The maximum atomic E-state index is 12.5. The third kappa shape index (κ3) is 4.47. The maximum Gasteiger partial charge on any atom is 0.287 e. The molecule has 1 aromatic carbocycles. The predicted octanol–water partition coefficient (Wildman–Crippen LogP) is 3.38. The van der Waals surface area contributed by atoms with Crippen LogP contribution in [-0.2, 0) is 6.54 Å². The van der Waals surface area contributed by atoms with Crippen LogP contribution < -0.4 is 15.6 Å². The van der Waals surface area contributed by atoms with Gasteiger partial charge in [0.1, 0.15) is 11.5 Å². The molecule has 0 saturated heterocycles. The molecule has 1 amide bonds. The number of carbonyl (C=O) groups excluding carboxylic acids is 1. The number of ether oxygens (including phenoxy) is 1. The SMILES string of the molecule is CCC(NC(=O)c1ccc(Cn2ccccc2=O)o1)c1ccc(OC)cc1. The van der Waals surface area contributed by atoms with Gasteiger partial charge in [-0.1, -0.05) is 25.1 Å². The zero-order chi connectivity index (χ0) is 19.2. The number of hydrogen-bond acceptors (Lipinski definition) is 4. The lowest BCUT2D eigenvalue weighted by Crippen LogP contribution is -2.27. The molecular weight excluding hydrogens is 344 g/mol. The van der Waals surface area contributed by atoms with E-state index in [1.165, 1.54) is 10.6 Å². The van der Waals surface area contributed by atoms with Crippen LogP contribution in [0.4, 0.5) is 0 Å². The van der Waals surface area contributed by atoms with Gasteiger partial charge in [-0.05, 0) is 42.3 Å². The molecule has 0 saturated carbocycles. The van der Waals surface area contributed by atoms with Gasteiger partial charge in [-0.3, -0.25) is 9.59 Å². The highest BCUT2D eigenvalue weighted by molar-refractivity contribution is 5.91. The number of pyridine rings is 1. The zero-order valence-corrected chi connectivity index (χ0v) is 15.3. The first-order valence-corrected chi connectivity index (χ1v) is 8.79. The van der Waals surface area contributed by atoms with Crippen LogP contribution in [0.1, 0.15) is 41.3 Å². The number of rotatable bonds is 7. The minimum atomic E-state index is -0.288.